The lowest BCUT2D eigenvalue weighted by Crippen LogP contribution is -2.17. The lowest BCUT2D eigenvalue weighted by molar-refractivity contribution is 0.414. The van der Waals surface area contributed by atoms with Gasteiger partial charge in [-0.2, -0.15) is 0 Å². The quantitative estimate of drug-likeness (QED) is 0.770. The monoisotopic (exact) mass is 189 g/mol. The van der Waals surface area contributed by atoms with Gasteiger partial charge < -0.3 is 10.5 Å². The zero-order valence-corrected chi connectivity index (χ0v) is 8.36. The number of methoxy groups -OCH3 is 1. The van der Waals surface area contributed by atoms with Crippen LogP contribution in [0.25, 0.3) is 6.08 Å². The molecule has 1 unspecified atom stereocenters. The Balaban J connectivity index is 2.31. The second kappa shape index (κ2) is 3.84. The van der Waals surface area contributed by atoms with E-state index in [2.05, 4.69) is 24.3 Å². The van der Waals surface area contributed by atoms with Crippen LogP contribution in [-0.4, -0.2) is 13.7 Å². The molecule has 1 aromatic carbocycles. The molecule has 1 aromatic rings. The van der Waals surface area contributed by atoms with Crippen molar-refractivity contribution in [2.24, 2.45) is 11.7 Å². The molecule has 0 aliphatic heterocycles. The highest BCUT2D eigenvalue weighted by atomic mass is 16.5. The standard InChI is InChI=1S/C12H15NO/c1-14-12-5-4-10-6-9(8-13)2-3-11(10)7-12/h2-5,7,9H,6,8,13H2,1H3. The minimum atomic E-state index is 0.496. The van der Waals surface area contributed by atoms with Gasteiger partial charge in [-0.3, -0.25) is 0 Å². The topological polar surface area (TPSA) is 35.2 Å². The van der Waals surface area contributed by atoms with Gasteiger partial charge in [0.25, 0.3) is 0 Å². The van der Waals surface area contributed by atoms with Crippen molar-refractivity contribution in [1.29, 1.82) is 0 Å². The van der Waals surface area contributed by atoms with E-state index in [-0.39, 0.29) is 0 Å². The second-order valence-corrected chi connectivity index (χ2v) is 3.62. The maximum absolute atomic E-state index is 5.64. The van der Waals surface area contributed by atoms with Gasteiger partial charge in [0.15, 0.2) is 0 Å². The van der Waals surface area contributed by atoms with Crippen molar-refractivity contribution in [2.45, 2.75) is 6.42 Å². The molecule has 0 heterocycles. The third-order valence-electron chi connectivity index (χ3n) is 2.69. The number of ether oxygens (including phenoxy) is 1. The van der Waals surface area contributed by atoms with E-state index in [1.807, 2.05) is 6.07 Å². The number of rotatable bonds is 2. The van der Waals surface area contributed by atoms with Gasteiger partial charge in [-0.15, -0.1) is 0 Å². The van der Waals surface area contributed by atoms with Gasteiger partial charge in [0, 0.05) is 0 Å². The van der Waals surface area contributed by atoms with Gasteiger partial charge in [0.05, 0.1) is 7.11 Å². The van der Waals surface area contributed by atoms with Crippen LogP contribution in [0.1, 0.15) is 11.1 Å². The molecule has 2 N–H and O–H groups in total. The molecule has 0 saturated heterocycles. The molecule has 1 aliphatic carbocycles. The Hall–Kier alpha value is -1.28. The van der Waals surface area contributed by atoms with Crippen LogP contribution in [0, 0.1) is 5.92 Å². The van der Waals surface area contributed by atoms with Crippen LogP contribution in [0.4, 0.5) is 0 Å². The van der Waals surface area contributed by atoms with Gasteiger partial charge in [0.2, 0.25) is 0 Å². The number of benzene rings is 1. The summed E-state index contributed by atoms with van der Waals surface area (Å²) in [4.78, 5) is 0. The zero-order valence-electron chi connectivity index (χ0n) is 8.36. The molecule has 1 aliphatic rings. The average Bonchev–Trinajstić information content (AvgIpc) is 2.27. The molecular weight excluding hydrogens is 174 g/mol. The molecule has 1 atom stereocenters. The van der Waals surface area contributed by atoms with E-state index < -0.39 is 0 Å². The van der Waals surface area contributed by atoms with Crippen LogP contribution >= 0.6 is 0 Å². The normalized spacial score (nSPS) is 19.1. The highest BCUT2D eigenvalue weighted by Gasteiger charge is 2.12. The van der Waals surface area contributed by atoms with Crippen LogP contribution in [0.2, 0.25) is 0 Å². The fourth-order valence-corrected chi connectivity index (χ4v) is 1.79. The maximum atomic E-state index is 5.64. The molecule has 14 heavy (non-hydrogen) atoms. The Morgan fingerprint density at radius 1 is 1.50 bits per heavy atom. The van der Waals surface area contributed by atoms with Crippen molar-refractivity contribution < 1.29 is 4.74 Å². The minimum Gasteiger partial charge on any atom is -0.497 e. The smallest absolute Gasteiger partial charge is 0.119 e. The largest absolute Gasteiger partial charge is 0.497 e. The Bertz CT molecular complexity index is 357. The van der Waals surface area contributed by atoms with Gasteiger partial charge >= 0.3 is 0 Å². The highest BCUT2D eigenvalue weighted by Crippen LogP contribution is 2.25. The Labute approximate surface area is 84.4 Å². The number of hydrogen-bond acceptors (Lipinski definition) is 2. The number of hydrogen-bond donors (Lipinski definition) is 1. The maximum Gasteiger partial charge on any atom is 0.119 e. The van der Waals surface area contributed by atoms with E-state index in [1.54, 1.807) is 7.11 Å². The molecule has 0 fully saturated rings. The first-order valence-electron chi connectivity index (χ1n) is 4.88. The van der Waals surface area contributed by atoms with Gasteiger partial charge in [-0.05, 0) is 42.1 Å². The summed E-state index contributed by atoms with van der Waals surface area (Å²) in [5, 5.41) is 0. The predicted molar refractivity (Wildman–Crippen MR) is 58.3 cm³/mol. The molecule has 0 saturated carbocycles. The van der Waals surface area contributed by atoms with E-state index in [1.165, 1.54) is 11.1 Å². The lowest BCUT2D eigenvalue weighted by atomic mass is 9.90. The van der Waals surface area contributed by atoms with Crippen LogP contribution in [0.3, 0.4) is 0 Å². The lowest BCUT2D eigenvalue weighted by Gasteiger charge is -2.18. The molecular formula is C12H15NO. The van der Waals surface area contributed by atoms with E-state index in [0.29, 0.717) is 5.92 Å². The van der Waals surface area contributed by atoms with E-state index in [9.17, 15) is 0 Å². The summed E-state index contributed by atoms with van der Waals surface area (Å²) in [7, 11) is 1.69. The number of fused-ring (bicyclic) bond motifs is 1. The predicted octanol–water partition coefficient (Wildman–Crippen LogP) is 1.84. The summed E-state index contributed by atoms with van der Waals surface area (Å²) in [5.74, 6) is 1.41. The molecule has 0 spiro atoms. The molecule has 0 radical (unpaired) electrons. The Morgan fingerprint density at radius 2 is 2.36 bits per heavy atom. The van der Waals surface area contributed by atoms with Gasteiger partial charge in [-0.25, -0.2) is 0 Å². The molecule has 74 valence electrons. The van der Waals surface area contributed by atoms with Crippen LogP contribution in [0.5, 0.6) is 5.75 Å². The summed E-state index contributed by atoms with van der Waals surface area (Å²) < 4.78 is 5.17. The second-order valence-electron chi connectivity index (χ2n) is 3.62. The minimum absolute atomic E-state index is 0.496. The van der Waals surface area contributed by atoms with Crippen LogP contribution < -0.4 is 10.5 Å². The van der Waals surface area contributed by atoms with Crippen molar-refractivity contribution in [3.8, 4) is 5.75 Å². The summed E-state index contributed by atoms with van der Waals surface area (Å²) in [6.07, 6.45) is 5.37. The molecule has 2 nitrogen and oxygen atoms in total. The fraction of sp³-hybridized carbons (Fsp3) is 0.333. The third-order valence-corrected chi connectivity index (χ3v) is 2.69. The molecule has 0 amide bonds. The Morgan fingerprint density at radius 3 is 3.07 bits per heavy atom. The highest BCUT2D eigenvalue weighted by molar-refractivity contribution is 5.59. The summed E-state index contributed by atoms with van der Waals surface area (Å²) >= 11 is 0. The van der Waals surface area contributed by atoms with Crippen molar-refractivity contribution in [1.82, 2.24) is 0 Å². The first-order chi connectivity index (χ1) is 6.83. The van der Waals surface area contributed by atoms with Crippen molar-refractivity contribution in [2.75, 3.05) is 13.7 Å². The molecule has 0 bridgehead atoms. The zero-order chi connectivity index (χ0) is 9.97. The van der Waals surface area contributed by atoms with Gasteiger partial charge in [0.1, 0.15) is 5.75 Å². The molecule has 2 heteroatoms. The van der Waals surface area contributed by atoms with E-state index in [4.69, 9.17) is 10.5 Å². The van der Waals surface area contributed by atoms with Crippen molar-refractivity contribution in [3.63, 3.8) is 0 Å². The first-order valence-corrected chi connectivity index (χ1v) is 4.88. The van der Waals surface area contributed by atoms with E-state index >= 15 is 0 Å². The average molecular weight is 189 g/mol. The molecule has 2 rings (SSSR count). The van der Waals surface area contributed by atoms with E-state index in [0.717, 1.165) is 18.7 Å². The molecule has 0 aromatic heterocycles. The summed E-state index contributed by atoms with van der Waals surface area (Å²) in [6, 6.07) is 6.20. The fourth-order valence-electron chi connectivity index (χ4n) is 1.79. The van der Waals surface area contributed by atoms with Crippen molar-refractivity contribution >= 4 is 6.08 Å². The van der Waals surface area contributed by atoms with Crippen LogP contribution in [-0.2, 0) is 6.42 Å². The first kappa shape index (κ1) is 9.28. The summed E-state index contributed by atoms with van der Waals surface area (Å²) in [6.45, 7) is 0.724. The van der Waals surface area contributed by atoms with Crippen LogP contribution in [0.15, 0.2) is 24.3 Å². The summed E-state index contributed by atoms with van der Waals surface area (Å²) in [5.41, 5.74) is 8.26. The Kier molecular flexibility index (Phi) is 2.55. The third kappa shape index (κ3) is 1.66. The van der Waals surface area contributed by atoms with Crippen molar-refractivity contribution in [3.05, 3.63) is 35.4 Å². The number of nitrogens with two attached hydrogens (primary N) is 1. The SMILES string of the molecule is COc1ccc2c(c1)C=CC(CN)C2. The van der Waals surface area contributed by atoms with Gasteiger partial charge in [-0.1, -0.05) is 18.2 Å².